The summed E-state index contributed by atoms with van der Waals surface area (Å²) in [7, 11) is -2.34. The molecule has 0 unspecified atom stereocenters. The lowest BCUT2D eigenvalue weighted by Crippen LogP contribution is -2.42. The zero-order valence-electron chi connectivity index (χ0n) is 15.2. The number of para-hydroxylation sites is 1. The van der Waals surface area contributed by atoms with Crippen LogP contribution in [0.1, 0.15) is 11.1 Å². The SMILES string of the molecule is COCCNC(=O)CN(c1ccccc1C)S(=O)(=O)c1ccc(C)cc1. The molecule has 140 valence electrons. The molecule has 0 aliphatic rings. The van der Waals surface area contributed by atoms with Crippen molar-refractivity contribution in [2.24, 2.45) is 0 Å². The number of hydrogen-bond acceptors (Lipinski definition) is 4. The van der Waals surface area contributed by atoms with E-state index in [0.717, 1.165) is 15.4 Å². The van der Waals surface area contributed by atoms with Gasteiger partial charge in [-0.15, -0.1) is 0 Å². The summed E-state index contributed by atoms with van der Waals surface area (Å²) in [6.45, 7) is 4.09. The Balaban J connectivity index is 2.38. The number of carbonyl (C=O) groups is 1. The van der Waals surface area contributed by atoms with Crippen molar-refractivity contribution in [2.75, 3.05) is 31.1 Å². The van der Waals surface area contributed by atoms with Crippen LogP contribution in [0.25, 0.3) is 0 Å². The largest absolute Gasteiger partial charge is 0.383 e. The van der Waals surface area contributed by atoms with Gasteiger partial charge in [0, 0.05) is 13.7 Å². The first kappa shape index (κ1) is 19.9. The number of benzene rings is 2. The van der Waals surface area contributed by atoms with Crippen molar-refractivity contribution in [1.29, 1.82) is 0 Å². The lowest BCUT2D eigenvalue weighted by molar-refractivity contribution is -0.119. The van der Waals surface area contributed by atoms with Gasteiger partial charge in [-0.05, 0) is 37.6 Å². The van der Waals surface area contributed by atoms with E-state index in [1.807, 2.05) is 26.0 Å². The second kappa shape index (κ2) is 8.82. The summed E-state index contributed by atoms with van der Waals surface area (Å²) in [5.74, 6) is -0.388. The molecule has 1 N–H and O–H groups in total. The number of methoxy groups -OCH3 is 1. The van der Waals surface area contributed by atoms with Gasteiger partial charge in [0.05, 0.1) is 17.2 Å². The van der Waals surface area contributed by atoms with Crippen LogP contribution in [-0.4, -0.2) is 41.1 Å². The Bertz CT molecular complexity index is 848. The summed E-state index contributed by atoms with van der Waals surface area (Å²) >= 11 is 0. The monoisotopic (exact) mass is 376 g/mol. The van der Waals surface area contributed by atoms with Crippen LogP contribution in [0, 0.1) is 13.8 Å². The predicted molar refractivity (Wildman–Crippen MR) is 102 cm³/mol. The number of ether oxygens (including phenoxy) is 1. The van der Waals surface area contributed by atoms with Gasteiger partial charge in [-0.25, -0.2) is 8.42 Å². The van der Waals surface area contributed by atoms with Crippen LogP contribution in [-0.2, 0) is 19.6 Å². The molecule has 0 radical (unpaired) electrons. The molecule has 6 nitrogen and oxygen atoms in total. The Labute approximate surface area is 154 Å². The number of nitrogens with one attached hydrogen (secondary N) is 1. The highest BCUT2D eigenvalue weighted by atomic mass is 32.2. The maximum absolute atomic E-state index is 13.2. The van der Waals surface area contributed by atoms with E-state index in [1.54, 1.807) is 36.4 Å². The molecule has 0 fully saturated rings. The van der Waals surface area contributed by atoms with E-state index >= 15 is 0 Å². The summed E-state index contributed by atoms with van der Waals surface area (Å²) in [5.41, 5.74) is 2.21. The van der Waals surface area contributed by atoms with E-state index in [2.05, 4.69) is 5.32 Å². The fourth-order valence-corrected chi connectivity index (χ4v) is 3.94. The normalized spacial score (nSPS) is 11.2. The van der Waals surface area contributed by atoms with E-state index in [0.29, 0.717) is 18.8 Å². The van der Waals surface area contributed by atoms with E-state index in [4.69, 9.17) is 4.74 Å². The molecule has 0 atom stereocenters. The van der Waals surface area contributed by atoms with Crippen LogP contribution >= 0.6 is 0 Å². The maximum Gasteiger partial charge on any atom is 0.264 e. The molecule has 0 bridgehead atoms. The number of rotatable bonds is 8. The van der Waals surface area contributed by atoms with Gasteiger partial charge in [0.25, 0.3) is 10.0 Å². The average Bonchev–Trinajstić information content (AvgIpc) is 2.61. The fourth-order valence-electron chi connectivity index (χ4n) is 2.46. The van der Waals surface area contributed by atoms with E-state index in [-0.39, 0.29) is 17.3 Å². The van der Waals surface area contributed by atoms with Gasteiger partial charge in [-0.2, -0.15) is 0 Å². The second-order valence-corrected chi connectivity index (χ2v) is 7.82. The second-order valence-electron chi connectivity index (χ2n) is 5.95. The van der Waals surface area contributed by atoms with Crippen LogP contribution in [0.2, 0.25) is 0 Å². The molecule has 0 spiro atoms. The smallest absolute Gasteiger partial charge is 0.264 e. The van der Waals surface area contributed by atoms with Crippen LogP contribution in [0.4, 0.5) is 5.69 Å². The van der Waals surface area contributed by atoms with Crippen molar-refractivity contribution in [3.8, 4) is 0 Å². The van der Waals surface area contributed by atoms with Crippen molar-refractivity contribution < 1.29 is 17.9 Å². The Morgan fingerprint density at radius 2 is 1.73 bits per heavy atom. The van der Waals surface area contributed by atoms with Crippen molar-refractivity contribution in [3.05, 3.63) is 59.7 Å². The molecule has 0 aromatic heterocycles. The minimum atomic E-state index is -3.88. The maximum atomic E-state index is 13.2. The number of hydrogen-bond donors (Lipinski definition) is 1. The number of aryl methyl sites for hydroxylation is 2. The summed E-state index contributed by atoms with van der Waals surface area (Å²) in [6.07, 6.45) is 0. The molecule has 2 aromatic carbocycles. The Morgan fingerprint density at radius 1 is 1.08 bits per heavy atom. The third-order valence-corrected chi connectivity index (χ3v) is 5.68. The number of anilines is 1. The van der Waals surface area contributed by atoms with Crippen molar-refractivity contribution in [2.45, 2.75) is 18.7 Å². The highest BCUT2D eigenvalue weighted by molar-refractivity contribution is 7.92. The molecule has 0 aliphatic carbocycles. The predicted octanol–water partition coefficient (Wildman–Crippen LogP) is 2.26. The van der Waals surface area contributed by atoms with E-state index in [1.165, 1.54) is 7.11 Å². The molecule has 1 amide bonds. The minimum Gasteiger partial charge on any atom is -0.383 e. The Morgan fingerprint density at radius 3 is 2.35 bits per heavy atom. The van der Waals surface area contributed by atoms with Crippen molar-refractivity contribution in [3.63, 3.8) is 0 Å². The number of amides is 1. The number of nitrogens with zero attached hydrogens (tertiary/aromatic N) is 1. The van der Waals surface area contributed by atoms with Crippen LogP contribution in [0.3, 0.4) is 0 Å². The standard InChI is InChI=1S/C19H24N2O4S/c1-15-8-10-17(11-9-15)26(23,24)21(14-19(22)20-12-13-25-3)18-7-5-4-6-16(18)2/h4-11H,12-14H2,1-3H3,(H,20,22). The van der Waals surface area contributed by atoms with Gasteiger partial charge >= 0.3 is 0 Å². The third kappa shape index (κ3) is 4.83. The van der Waals surface area contributed by atoms with Gasteiger partial charge in [0.2, 0.25) is 5.91 Å². The van der Waals surface area contributed by atoms with Gasteiger partial charge in [0.15, 0.2) is 0 Å². The summed E-state index contributed by atoms with van der Waals surface area (Å²) in [6, 6.07) is 13.7. The highest BCUT2D eigenvalue weighted by Gasteiger charge is 2.28. The van der Waals surface area contributed by atoms with Gasteiger partial charge in [-0.3, -0.25) is 9.10 Å². The van der Waals surface area contributed by atoms with E-state index in [9.17, 15) is 13.2 Å². The summed E-state index contributed by atoms with van der Waals surface area (Å²) in [4.78, 5) is 12.4. The van der Waals surface area contributed by atoms with Crippen LogP contribution in [0.15, 0.2) is 53.4 Å². The molecule has 7 heteroatoms. The Kier molecular flexibility index (Phi) is 6.76. The van der Waals surface area contributed by atoms with Gasteiger partial charge in [-0.1, -0.05) is 35.9 Å². The molecule has 0 aliphatic heterocycles. The average molecular weight is 376 g/mol. The van der Waals surface area contributed by atoms with Gasteiger partial charge < -0.3 is 10.1 Å². The fraction of sp³-hybridized carbons (Fsp3) is 0.316. The Hall–Kier alpha value is -2.38. The molecule has 0 saturated carbocycles. The van der Waals surface area contributed by atoms with E-state index < -0.39 is 10.0 Å². The molecular weight excluding hydrogens is 352 g/mol. The van der Waals surface area contributed by atoms with Crippen LogP contribution < -0.4 is 9.62 Å². The molecule has 2 rings (SSSR count). The first-order valence-electron chi connectivity index (χ1n) is 8.27. The topological polar surface area (TPSA) is 75.7 Å². The summed E-state index contributed by atoms with van der Waals surface area (Å²) < 4.78 is 32.4. The molecule has 26 heavy (non-hydrogen) atoms. The summed E-state index contributed by atoms with van der Waals surface area (Å²) in [5, 5.41) is 2.67. The number of sulfonamides is 1. The zero-order chi connectivity index (χ0) is 19.2. The quantitative estimate of drug-likeness (QED) is 0.717. The lowest BCUT2D eigenvalue weighted by Gasteiger charge is -2.25. The first-order valence-corrected chi connectivity index (χ1v) is 9.71. The molecule has 2 aromatic rings. The molecule has 0 heterocycles. The molecular formula is C19H24N2O4S. The van der Waals surface area contributed by atoms with Crippen molar-refractivity contribution >= 4 is 21.6 Å². The highest BCUT2D eigenvalue weighted by Crippen LogP contribution is 2.26. The number of carbonyl (C=O) groups excluding carboxylic acids is 1. The van der Waals surface area contributed by atoms with Crippen LogP contribution in [0.5, 0.6) is 0 Å². The lowest BCUT2D eigenvalue weighted by atomic mass is 10.2. The first-order chi connectivity index (χ1) is 12.4. The molecule has 0 saturated heterocycles. The van der Waals surface area contributed by atoms with Gasteiger partial charge in [0.1, 0.15) is 6.54 Å². The van der Waals surface area contributed by atoms with Crippen molar-refractivity contribution in [1.82, 2.24) is 5.32 Å². The zero-order valence-corrected chi connectivity index (χ0v) is 16.0. The minimum absolute atomic E-state index is 0.149. The third-order valence-electron chi connectivity index (χ3n) is 3.91.